The van der Waals surface area contributed by atoms with E-state index in [0.29, 0.717) is 32.0 Å². The van der Waals surface area contributed by atoms with Gasteiger partial charge in [0.05, 0.1) is 18.8 Å². The van der Waals surface area contributed by atoms with E-state index >= 15 is 0 Å². The standard InChI is InChI=1S/C18H25N5O2/c1-3-25-10-9-23-17(11-14(2)21-23)18(24)22-8-4-5-15(12-22)16-6-7-19-13-20-16/h6-7,11,13,15H,3-5,8-10,12H2,1-2H3/t15-/m1/s1. The summed E-state index contributed by atoms with van der Waals surface area (Å²) in [6.45, 7) is 7.14. The number of amides is 1. The highest BCUT2D eigenvalue weighted by Crippen LogP contribution is 2.26. The van der Waals surface area contributed by atoms with Crippen molar-refractivity contribution in [3.05, 3.63) is 41.7 Å². The van der Waals surface area contributed by atoms with Crippen LogP contribution in [0, 0.1) is 6.92 Å². The van der Waals surface area contributed by atoms with Crippen molar-refractivity contribution in [1.29, 1.82) is 0 Å². The summed E-state index contributed by atoms with van der Waals surface area (Å²) >= 11 is 0. The first-order valence-electron chi connectivity index (χ1n) is 8.86. The van der Waals surface area contributed by atoms with Crippen molar-refractivity contribution in [2.24, 2.45) is 0 Å². The van der Waals surface area contributed by atoms with Crippen LogP contribution in [0.5, 0.6) is 0 Å². The number of carbonyl (C=O) groups excluding carboxylic acids is 1. The van der Waals surface area contributed by atoms with Crippen molar-refractivity contribution in [2.75, 3.05) is 26.3 Å². The molecule has 7 heteroatoms. The fourth-order valence-electron chi connectivity index (χ4n) is 3.29. The maximum atomic E-state index is 13.0. The Labute approximate surface area is 148 Å². The van der Waals surface area contributed by atoms with Crippen LogP contribution in [0.15, 0.2) is 24.7 Å². The molecule has 1 aliphatic rings. The van der Waals surface area contributed by atoms with Crippen molar-refractivity contribution in [1.82, 2.24) is 24.6 Å². The maximum absolute atomic E-state index is 13.0. The second-order valence-electron chi connectivity index (χ2n) is 6.32. The fraction of sp³-hybridized carbons (Fsp3) is 0.556. The lowest BCUT2D eigenvalue weighted by Gasteiger charge is -2.32. The van der Waals surface area contributed by atoms with Gasteiger partial charge in [0.2, 0.25) is 0 Å². The third kappa shape index (κ3) is 4.22. The number of hydrogen-bond donors (Lipinski definition) is 0. The molecule has 0 radical (unpaired) electrons. The summed E-state index contributed by atoms with van der Waals surface area (Å²) in [6, 6.07) is 3.80. The summed E-state index contributed by atoms with van der Waals surface area (Å²) in [5, 5.41) is 4.44. The predicted octanol–water partition coefficient (Wildman–Crippen LogP) is 2.04. The summed E-state index contributed by atoms with van der Waals surface area (Å²) in [5.74, 6) is 0.303. The summed E-state index contributed by atoms with van der Waals surface area (Å²) < 4.78 is 7.17. The number of ether oxygens (including phenoxy) is 1. The van der Waals surface area contributed by atoms with Crippen molar-refractivity contribution in [3.8, 4) is 0 Å². The molecule has 0 N–H and O–H groups in total. The van der Waals surface area contributed by atoms with Crippen LogP contribution in [0.3, 0.4) is 0 Å². The largest absolute Gasteiger partial charge is 0.380 e. The number of aromatic nitrogens is 4. The Morgan fingerprint density at radius 2 is 2.32 bits per heavy atom. The maximum Gasteiger partial charge on any atom is 0.272 e. The van der Waals surface area contributed by atoms with Gasteiger partial charge >= 0.3 is 0 Å². The van der Waals surface area contributed by atoms with E-state index in [9.17, 15) is 4.79 Å². The van der Waals surface area contributed by atoms with E-state index in [0.717, 1.165) is 30.8 Å². The van der Waals surface area contributed by atoms with Gasteiger partial charge in [-0.3, -0.25) is 9.48 Å². The van der Waals surface area contributed by atoms with Gasteiger partial charge in [0.25, 0.3) is 5.91 Å². The molecule has 0 unspecified atom stereocenters. The molecular formula is C18H25N5O2. The molecule has 0 spiro atoms. The van der Waals surface area contributed by atoms with Crippen molar-refractivity contribution < 1.29 is 9.53 Å². The number of carbonyl (C=O) groups is 1. The highest BCUT2D eigenvalue weighted by molar-refractivity contribution is 5.92. The van der Waals surface area contributed by atoms with Gasteiger partial charge in [0.1, 0.15) is 12.0 Å². The van der Waals surface area contributed by atoms with Gasteiger partial charge in [-0.25, -0.2) is 9.97 Å². The highest BCUT2D eigenvalue weighted by atomic mass is 16.5. The Balaban J connectivity index is 1.72. The minimum Gasteiger partial charge on any atom is -0.380 e. The molecular weight excluding hydrogens is 318 g/mol. The zero-order chi connectivity index (χ0) is 17.6. The average molecular weight is 343 g/mol. The van der Waals surface area contributed by atoms with Gasteiger partial charge < -0.3 is 9.64 Å². The van der Waals surface area contributed by atoms with Crippen LogP contribution >= 0.6 is 0 Å². The molecule has 0 bridgehead atoms. The summed E-state index contributed by atoms with van der Waals surface area (Å²) in [5.41, 5.74) is 2.50. The molecule has 3 rings (SSSR count). The van der Waals surface area contributed by atoms with Crippen LogP contribution < -0.4 is 0 Å². The lowest BCUT2D eigenvalue weighted by molar-refractivity contribution is 0.0688. The normalized spacial score (nSPS) is 17.7. The number of nitrogens with zero attached hydrogens (tertiary/aromatic N) is 5. The van der Waals surface area contributed by atoms with Gasteiger partial charge in [-0.1, -0.05) is 0 Å². The van der Waals surface area contributed by atoms with Crippen LogP contribution in [0.4, 0.5) is 0 Å². The smallest absolute Gasteiger partial charge is 0.272 e. The second kappa shape index (κ2) is 8.20. The molecule has 25 heavy (non-hydrogen) atoms. The van der Waals surface area contributed by atoms with Crippen LogP contribution in [0.2, 0.25) is 0 Å². The zero-order valence-corrected chi connectivity index (χ0v) is 14.9. The Kier molecular flexibility index (Phi) is 5.75. The molecule has 0 saturated carbocycles. The summed E-state index contributed by atoms with van der Waals surface area (Å²) in [4.78, 5) is 23.3. The van der Waals surface area contributed by atoms with E-state index in [-0.39, 0.29) is 11.8 Å². The summed E-state index contributed by atoms with van der Waals surface area (Å²) in [7, 11) is 0. The Hall–Kier alpha value is -2.28. The monoisotopic (exact) mass is 343 g/mol. The van der Waals surface area contributed by atoms with E-state index in [1.165, 1.54) is 0 Å². The van der Waals surface area contributed by atoms with Crippen molar-refractivity contribution in [2.45, 2.75) is 39.2 Å². The zero-order valence-electron chi connectivity index (χ0n) is 14.9. The summed E-state index contributed by atoms with van der Waals surface area (Å²) in [6.07, 6.45) is 5.35. The minimum absolute atomic E-state index is 0.0378. The van der Waals surface area contributed by atoms with Gasteiger partial charge in [-0.05, 0) is 38.8 Å². The van der Waals surface area contributed by atoms with Crippen molar-refractivity contribution in [3.63, 3.8) is 0 Å². The number of likely N-dealkylation sites (tertiary alicyclic amines) is 1. The van der Waals surface area contributed by atoms with Crippen molar-refractivity contribution >= 4 is 5.91 Å². The third-order valence-electron chi connectivity index (χ3n) is 4.50. The van der Waals surface area contributed by atoms with Crippen LogP contribution in [-0.4, -0.2) is 56.9 Å². The number of piperidine rings is 1. The molecule has 1 saturated heterocycles. The lowest BCUT2D eigenvalue weighted by atomic mass is 9.94. The molecule has 0 aliphatic carbocycles. The Bertz CT molecular complexity index is 701. The molecule has 1 fully saturated rings. The molecule has 2 aromatic rings. The predicted molar refractivity (Wildman–Crippen MR) is 93.4 cm³/mol. The first-order valence-corrected chi connectivity index (χ1v) is 8.86. The minimum atomic E-state index is 0.0378. The Morgan fingerprint density at radius 3 is 3.08 bits per heavy atom. The topological polar surface area (TPSA) is 73.1 Å². The SMILES string of the molecule is CCOCCn1nc(C)cc1C(=O)N1CCC[C@@H](c2ccncn2)C1. The third-order valence-corrected chi connectivity index (χ3v) is 4.50. The second-order valence-corrected chi connectivity index (χ2v) is 6.32. The average Bonchev–Trinajstić information content (AvgIpc) is 3.03. The van der Waals surface area contributed by atoms with Crippen LogP contribution in [0.1, 0.15) is 47.6 Å². The van der Waals surface area contributed by atoms with Gasteiger partial charge in [-0.2, -0.15) is 5.10 Å². The van der Waals surface area contributed by atoms with E-state index in [4.69, 9.17) is 4.74 Å². The van der Waals surface area contributed by atoms with Gasteiger partial charge in [-0.15, -0.1) is 0 Å². The molecule has 3 heterocycles. The van der Waals surface area contributed by atoms with Crippen LogP contribution in [-0.2, 0) is 11.3 Å². The molecule has 2 aromatic heterocycles. The van der Waals surface area contributed by atoms with E-state index < -0.39 is 0 Å². The fourth-order valence-corrected chi connectivity index (χ4v) is 3.29. The number of hydrogen-bond acceptors (Lipinski definition) is 5. The lowest BCUT2D eigenvalue weighted by Crippen LogP contribution is -2.40. The first kappa shape index (κ1) is 17.5. The molecule has 1 atom stereocenters. The van der Waals surface area contributed by atoms with E-state index in [2.05, 4.69) is 15.1 Å². The highest BCUT2D eigenvalue weighted by Gasteiger charge is 2.28. The van der Waals surface area contributed by atoms with Crippen LogP contribution in [0.25, 0.3) is 0 Å². The molecule has 7 nitrogen and oxygen atoms in total. The quantitative estimate of drug-likeness (QED) is 0.751. The molecule has 134 valence electrons. The molecule has 1 aliphatic heterocycles. The Morgan fingerprint density at radius 1 is 1.44 bits per heavy atom. The molecule has 0 aromatic carbocycles. The van der Waals surface area contributed by atoms with E-state index in [1.807, 2.05) is 30.9 Å². The van der Waals surface area contributed by atoms with Gasteiger partial charge in [0.15, 0.2) is 0 Å². The number of aryl methyl sites for hydroxylation is 1. The first-order chi connectivity index (χ1) is 12.2. The number of rotatable bonds is 6. The van der Waals surface area contributed by atoms with E-state index in [1.54, 1.807) is 17.2 Å². The van der Waals surface area contributed by atoms with Gasteiger partial charge in [0, 0.05) is 37.5 Å². The molecule has 1 amide bonds.